The fourth-order valence-electron chi connectivity index (χ4n) is 2.53. The van der Waals surface area contributed by atoms with E-state index in [0.717, 1.165) is 22.6 Å². The Bertz CT molecular complexity index is 750. The van der Waals surface area contributed by atoms with Crippen LogP contribution in [0.15, 0.2) is 23.1 Å². The molecule has 0 bridgehead atoms. The summed E-state index contributed by atoms with van der Waals surface area (Å²) in [5.41, 5.74) is 5.04. The monoisotopic (exact) mass is 349 g/mol. The van der Waals surface area contributed by atoms with E-state index in [1.807, 2.05) is 24.5 Å². The molecule has 0 radical (unpaired) electrons. The molecular formula is C16H20FN5OS. The molecule has 8 heteroatoms. The molecular weight excluding hydrogens is 329 g/mol. The molecule has 3 N–H and O–H groups in total. The van der Waals surface area contributed by atoms with Gasteiger partial charge in [0.15, 0.2) is 11.5 Å². The third-order valence-electron chi connectivity index (χ3n) is 3.75. The van der Waals surface area contributed by atoms with E-state index in [1.54, 1.807) is 11.8 Å². The summed E-state index contributed by atoms with van der Waals surface area (Å²) >= 11 is 1.66. The number of thioether (sulfide) groups is 1. The largest absolute Gasteiger partial charge is 0.493 e. The quantitative estimate of drug-likeness (QED) is 0.819. The Morgan fingerprint density at radius 3 is 2.83 bits per heavy atom. The van der Waals surface area contributed by atoms with E-state index in [1.165, 1.54) is 13.8 Å². The maximum atomic E-state index is 14.1. The summed E-state index contributed by atoms with van der Waals surface area (Å²) in [5, 5.41) is 3.23. The Labute approximate surface area is 144 Å². The summed E-state index contributed by atoms with van der Waals surface area (Å²) < 4.78 is 19.9. The van der Waals surface area contributed by atoms with Crippen molar-refractivity contribution in [2.45, 2.75) is 36.9 Å². The predicted molar refractivity (Wildman–Crippen MR) is 93.1 cm³/mol. The molecule has 3 rings (SSSR count). The molecule has 128 valence electrons. The average Bonchev–Trinajstić information content (AvgIpc) is 2.53. The lowest BCUT2D eigenvalue weighted by Gasteiger charge is -2.27. The van der Waals surface area contributed by atoms with E-state index in [0.29, 0.717) is 6.61 Å². The van der Waals surface area contributed by atoms with Crippen molar-refractivity contribution in [3.63, 3.8) is 0 Å². The number of rotatable bonds is 4. The zero-order valence-corrected chi connectivity index (χ0v) is 14.7. The Kier molecular flexibility index (Phi) is 4.49. The molecule has 1 aromatic heterocycles. The molecule has 0 saturated heterocycles. The number of nitrogens with two attached hydrogens (primary N) is 1. The molecule has 0 saturated carbocycles. The topological polar surface area (TPSA) is 86.0 Å². The highest BCUT2D eigenvalue weighted by Gasteiger charge is 2.26. The lowest BCUT2D eigenvalue weighted by atomic mass is 10.0. The highest BCUT2D eigenvalue weighted by atomic mass is 32.2. The van der Waals surface area contributed by atoms with Gasteiger partial charge in [-0.05, 0) is 32.2 Å². The maximum Gasteiger partial charge on any atom is 0.228 e. The zero-order chi connectivity index (χ0) is 17.3. The number of nitrogens with zero attached hydrogens (tertiary/aromatic N) is 3. The van der Waals surface area contributed by atoms with Crippen LogP contribution in [0.2, 0.25) is 0 Å². The number of fused-ring (bicyclic) bond motifs is 1. The second-order valence-corrected chi connectivity index (χ2v) is 6.93. The number of benzene rings is 1. The summed E-state index contributed by atoms with van der Waals surface area (Å²) in [6.07, 6.45) is 2.78. The van der Waals surface area contributed by atoms with Gasteiger partial charge in [0, 0.05) is 16.9 Å². The van der Waals surface area contributed by atoms with E-state index in [9.17, 15) is 4.39 Å². The van der Waals surface area contributed by atoms with Crippen LogP contribution in [-0.2, 0) is 5.67 Å². The van der Waals surface area contributed by atoms with Crippen LogP contribution in [0.3, 0.4) is 0 Å². The highest BCUT2D eigenvalue weighted by Crippen LogP contribution is 2.36. The van der Waals surface area contributed by atoms with E-state index in [4.69, 9.17) is 10.5 Å². The van der Waals surface area contributed by atoms with Crippen molar-refractivity contribution in [3.8, 4) is 5.75 Å². The second kappa shape index (κ2) is 6.43. The van der Waals surface area contributed by atoms with Gasteiger partial charge >= 0.3 is 0 Å². The summed E-state index contributed by atoms with van der Waals surface area (Å²) in [7, 11) is 0. The SMILES string of the molecule is CSc1ccc2c(c1)OCCC2Nc1nc(N)nc(C(C)(C)F)n1. The molecule has 2 heterocycles. The minimum Gasteiger partial charge on any atom is -0.493 e. The lowest BCUT2D eigenvalue weighted by Crippen LogP contribution is -2.23. The Hall–Kier alpha value is -2.09. The van der Waals surface area contributed by atoms with Gasteiger partial charge in [0.25, 0.3) is 0 Å². The fourth-order valence-corrected chi connectivity index (χ4v) is 2.95. The van der Waals surface area contributed by atoms with Crippen LogP contribution in [0.1, 0.15) is 37.7 Å². The molecule has 0 fully saturated rings. The Balaban J connectivity index is 1.89. The molecule has 2 aromatic rings. The molecule has 1 unspecified atom stereocenters. The Morgan fingerprint density at radius 2 is 2.12 bits per heavy atom. The molecule has 24 heavy (non-hydrogen) atoms. The molecule has 1 atom stereocenters. The van der Waals surface area contributed by atoms with Crippen molar-refractivity contribution in [2.24, 2.45) is 0 Å². The van der Waals surface area contributed by atoms with Crippen LogP contribution in [0.4, 0.5) is 16.3 Å². The molecule has 1 aromatic carbocycles. The average molecular weight is 349 g/mol. The second-order valence-electron chi connectivity index (χ2n) is 6.05. The summed E-state index contributed by atoms with van der Waals surface area (Å²) in [6.45, 7) is 3.36. The van der Waals surface area contributed by atoms with Crippen LogP contribution in [0.25, 0.3) is 0 Å². The van der Waals surface area contributed by atoms with Crippen molar-refractivity contribution >= 4 is 23.7 Å². The predicted octanol–water partition coefficient (Wildman–Crippen LogP) is 3.32. The van der Waals surface area contributed by atoms with Crippen LogP contribution in [-0.4, -0.2) is 27.8 Å². The zero-order valence-electron chi connectivity index (χ0n) is 13.8. The van der Waals surface area contributed by atoms with E-state index in [2.05, 4.69) is 20.3 Å². The number of halogens is 1. The minimum absolute atomic E-state index is 0.00163. The number of aromatic nitrogens is 3. The van der Waals surface area contributed by atoms with E-state index in [-0.39, 0.29) is 23.8 Å². The molecule has 0 spiro atoms. The summed E-state index contributed by atoms with van der Waals surface area (Å²) in [5.74, 6) is 1.13. The van der Waals surface area contributed by atoms with Crippen molar-refractivity contribution in [1.82, 2.24) is 15.0 Å². The molecule has 0 aliphatic carbocycles. The first-order chi connectivity index (χ1) is 11.4. The summed E-state index contributed by atoms with van der Waals surface area (Å²) in [6, 6.07) is 6.07. The molecule has 1 aliphatic heterocycles. The normalized spacial score (nSPS) is 17.1. The minimum atomic E-state index is -1.69. The number of ether oxygens (including phenoxy) is 1. The fraction of sp³-hybridized carbons (Fsp3) is 0.438. The van der Waals surface area contributed by atoms with Crippen molar-refractivity contribution in [3.05, 3.63) is 29.6 Å². The van der Waals surface area contributed by atoms with Gasteiger partial charge in [-0.2, -0.15) is 15.0 Å². The lowest BCUT2D eigenvalue weighted by molar-refractivity contribution is 0.206. The maximum absolute atomic E-state index is 14.1. The van der Waals surface area contributed by atoms with E-state index >= 15 is 0 Å². The van der Waals surface area contributed by atoms with Gasteiger partial charge in [-0.1, -0.05) is 6.07 Å². The van der Waals surface area contributed by atoms with E-state index < -0.39 is 5.67 Å². The van der Waals surface area contributed by atoms with Gasteiger partial charge in [-0.15, -0.1) is 11.8 Å². The van der Waals surface area contributed by atoms with Crippen molar-refractivity contribution < 1.29 is 9.13 Å². The number of alkyl halides is 1. The number of hydrogen-bond acceptors (Lipinski definition) is 7. The highest BCUT2D eigenvalue weighted by molar-refractivity contribution is 7.98. The molecule has 0 amide bonds. The summed E-state index contributed by atoms with van der Waals surface area (Å²) in [4.78, 5) is 13.3. The third-order valence-corrected chi connectivity index (χ3v) is 4.47. The van der Waals surface area contributed by atoms with Gasteiger partial charge in [0.2, 0.25) is 11.9 Å². The molecule has 1 aliphatic rings. The van der Waals surface area contributed by atoms with Crippen LogP contribution in [0, 0.1) is 0 Å². The number of nitrogens with one attached hydrogen (secondary N) is 1. The first kappa shape index (κ1) is 16.8. The van der Waals surface area contributed by atoms with Gasteiger partial charge in [-0.3, -0.25) is 0 Å². The first-order valence-corrected chi connectivity index (χ1v) is 8.87. The first-order valence-electron chi connectivity index (χ1n) is 7.65. The third kappa shape index (κ3) is 3.53. The van der Waals surface area contributed by atoms with Crippen molar-refractivity contribution in [2.75, 3.05) is 23.9 Å². The van der Waals surface area contributed by atoms with Gasteiger partial charge in [0.05, 0.1) is 12.6 Å². The Morgan fingerprint density at radius 1 is 1.33 bits per heavy atom. The molecule has 6 nitrogen and oxygen atoms in total. The van der Waals surface area contributed by atoms with Crippen LogP contribution in [0.5, 0.6) is 5.75 Å². The number of nitrogen functional groups attached to an aromatic ring is 1. The van der Waals surface area contributed by atoms with Gasteiger partial charge in [0.1, 0.15) is 5.75 Å². The van der Waals surface area contributed by atoms with Crippen LogP contribution < -0.4 is 15.8 Å². The number of anilines is 2. The van der Waals surface area contributed by atoms with Crippen molar-refractivity contribution in [1.29, 1.82) is 0 Å². The van der Waals surface area contributed by atoms with Gasteiger partial charge < -0.3 is 15.8 Å². The number of hydrogen-bond donors (Lipinski definition) is 2. The van der Waals surface area contributed by atoms with Crippen LogP contribution >= 0.6 is 11.8 Å². The van der Waals surface area contributed by atoms with Gasteiger partial charge in [-0.25, -0.2) is 4.39 Å². The standard InChI is InChI=1S/C16H20FN5OS/c1-16(2,17)13-20-14(18)22-15(21-13)19-11-6-7-23-12-8-9(24-3)4-5-10(11)12/h4-5,8,11H,6-7H2,1-3H3,(H3,18,19,20,21,22). The smallest absolute Gasteiger partial charge is 0.228 e.